The number of aliphatic hydroxyl groups is 1. The van der Waals surface area contributed by atoms with Crippen LogP contribution in [0.25, 0.3) is 11.0 Å². The van der Waals surface area contributed by atoms with E-state index in [1.165, 1.54) is 6.42 Å². The van der Waals surface area contributed by atoms with Crippen LogP contribution in [0, 0.1) is 5.92 Å². The second-order valence-electron chi connectivity index (χ2n) is 5.66. The Morgan fingerprint density at radius 1 is 1.29 bits per heavy atom. The minimum absolute atomic E-state index is 0.306. The highest BCUT2D eigenvalue weighted by molar-refractivity contribution is 5.75. The van der Waals surface area contributed by atoms with Crippen LogP contribution in [-0.2, 0) is 0 Å². The quantitative estimate of drug-likeness (QED) is 0.877. The SMILES string of the molecule is OCC1CCCN(CCNc2cnc3ccccc3n2)C1. The molecule has 3 rings (SSSR count). The lowest BCUT2D eigenvalue weighted by atomic mass is 9.99. The fourth-order valence-electron chi connectivity index (χ4n) is 2.89. The Morgan fingerprint density at radius 3 is 3.00 bits per heavy atom. The number of aliphatic hydroxyl groups excluding tert-OH is 1. The molecular formula is C16H22N4O. The Labute approximate surface area is 125 Å². The van der Waals surface area contributed by atoms with E-state index in [9.17, 15) is 5.11 Å². The largest absolute Gasteiger partial charge is 0.396 e. The molecule has 5 nitrogen and oxygen atoms in total. The van der Waals surface area contributed by atoms with Crippen molar-refractivity contribution in [2.24, 2.45) is 5.92 Å². The molecule has 1 aromatic heterocycles. The summed E-state index contributed by atoms with van der Waals surface area (Å²) in [4.78, 5) is 11.4. The third-order valence-electron chi connectivity index (χ3n) is 4.04. The van der Waals surface area contributed by atoms with Crippen LogP contribution in [0.4, 0.5) is 5.82 Å². The summed E-state index contributed by atoms with van der Waals surface area (Å²) >= 11 is 0. The number of benzene rings is 1. The number of nitrogens with one attached hydrogen (secondary N) is 1. The zero-order valence-electron chi connectivity index (χ0n) is 12.2. The first kappa shape index (κ1) is 14.2. The van der Waals surface area contributed by atoms with Crippen LogP contribution in [0.15, 0.2) is 30.5 Å². The summed E-state index contributed by atoms with van der Waals surface area (Å²) in [7, 11) is 0. The zero-order chi connectivity index (χ0) is 14.5. The molecule has 0 radical (unpaired) electrons. The van der Waals surface area contributed by atoms with E-state index in [1.807, 2.05) is 24.3 Å². The first-order valence-corrected chi connectivity index (χ1v) is 7.64. The number of aromatic nitrogens is 2. The Kier molecular flexibility index (Phi) is 4.62. The standard InChI is InChI=1S/C16H22N4O/c21-12-13-4-3-8-20(11-13)9-7-17-16-10-18-14-5-1-2-6-15(14)19-16/h1-2,5-6,10,13,21H,3-4,7-9,11-12H2,(H,17,19). The lowest BCUT2D eigenvalue weighted by molar-refractivity contribution is 0.123. The van der Waals surface area contributed by atoms with Gasteiger partial charge in [0.1, 0.15) is 5.82 Å². The Hall–Kier alpha value is -1.72. The van der Waals surface area contributed by atoms with Gasteiger partial charge in [-0.2, -0.15) is 0 Å². The van der Waals surface area contributed by atoms with Gasteiger partial charge in [-0.1, -0.05) is 12.1 Å². The summed E-state index contributed by atoms with van der Waals surface area (Å²) in [5.74, 6) is 1.27. The lowest BCUT2D eigenvalue weighted by Gasteiger charge is -2.31. The van der Waals surface area contributed by atoms with Crippen LogP contribution in [0.3, 0.4) is 0 Å². The summed E-state index contributed by atoms with van der Waals surface area (Å²) in [5.41, 5.74) is 1.84. The maximum atomic E-state index is 9.25. The van der Waals surface area contributed by atoms with Gasteiger partial charge in [-0.15, -0.1) is 0 Å². The van der Waals surface area contributed by atoms with E-state index < -0.39 is 0 Å². The fourth-order valence-corrected chi connectivity index (χ4v) is 2.89. The summed E-state index contributed by atoms with van der Waals surface area (Å²) < 4.78 is 0. The second kappa shape index (κ2) is 6.83. The minimum Gasteiger partial charge on any atom is -0.396 e. The van der Waals surface area contributed by atoms with Crippen LogP contribution in [-0.4, -0.2) is 52.8 Å². The van der Waals surface area contributed by atoms with Gasteiger partial charge in [0, 0.05) is 26.2 Å². The number of piperidine rings is 1. The molecular weight excluding hydrogens is 264 g/mol. The molecule has 21 heavy (non-hydrogen) atoms. The number of para-hydroxylation sites is 2. The van der Waals surface area contributed by atoms with E-state index in [1.54, 1.807) is 6.20 Å². The van der Waals surface area contributed by atoms with E-state index in [2.05, 4.69) is 20.2 Å². The third kappa shape index (κ3) is 3.68. The third-order valence-corrected chi connectivity index (χ3v) is 4.04. The van der Waals surface area contributed by atoms with E-state index in [0.717, 1.165) is 49.5 Å². The van der Waals surface area contributed by atoms with Crippen molar-refractivity contribution in [3.63, 3.8) is 0 Å². The highest BCUT2D eigenvalue weighted by Gasteiger charge is 2.18. The van der Waals surface area contributed by atoms with Gasteiger partial charge in [-0.05, 0) is 37.4 Å². The lowest BCUT2D eigenvalue weighted by Crippen LogP contribution is -2.39. The van der Waals surface area contributed by atoms with Gasteiger partial charge >= 0.3 is 0 Å². The highest BCUT2D eigenvalue weighted by atomic mass is 16.3. The first-order chi connectivity index (χ1) is 10.3. The molecule has 1 unspecified atom stereocenters. The van der Waals surface area contributed by atoms with Gasteiger partial charge in [-0.3, -0.25) is 4.98 Å². The van der Waals surface area contributed by atoms with Crippen molar-refractivity contribution in [2.75, 3.05) is 38.1 Å². The van der Waals surface area contributed by atoms with E-state index in [-0.39, 0.29) is 0 Å². The maximum absolute atomic E-state index is 9.25. The zero-order valence-corrected chi connectivity index (χ0v) is 12.2. The summed E-state index contributed by atoms with van der Waals surface area (Å²) in [6.45, 7) is 4.26. The number of rotatable bonds is 5. The molecule has 0 saturated carbocycles. The Morgan fingerprint density at radius 2 is 2.14 bits per heavy atom. The fraction of sp³-hybridized carbons (Fsp3) is 0.500. The van der Waals surface area contributed by atoms with Crippen LogP contribution in [0.1, 0.15) is 12.8 Å². The number of anilines is 1. The Balaban J connectivity index is 1.52. The minimum atomic E-state index is 0.306. The number of nitrogens with zero attached hydrogens (tertiary/aromatic N) is 3. The monoisotopic (exact) mass is 286 g/mol. The smallest absolute Gasteiger partial charge is 0.145 e. The molecule has 0 spiro atoms. The summed E-state index contributed by atoms with van der Waals surface area (Å²) in [6.07, 6.45) is 4.12. The van der Waals surface area contributed by atoms with Crippen molar-refractivity contribution in [2.45, 2.75) is 12.8 Å². The molecule has 2 N–H and O–H groups in total. The molecule has 1 saturated heterocycles. The molecule has 2 heterocycles. The maximum Gasteiger partial charge on any atom is 0.145 e. The van der Waals surface area contributed by atoms with Crippen LogP contribution in [0.2, 0.25) is 0 Å². The number of hydrogen-bond acceptors (Lipinski definition) is 5. The molecule has 5 heteroatoms. The molecule has 2 aromatic rings. The van der Waals surface area contributed by atoms with Crippen LogP contribution in [0.5, 0.6) is 0 Å². The van der Waals surface area contributed by atoms with E-state index >= 15 is 0 Å². The van der Waals surface area contributed by atoms with Crippen LogP contribution >= 0.6 is 0 Å². The second-order valence-corrected chi connectivity index (χ2v) is 5.66. The van der Waals surface area contributed by atoms with Crippen LogP contribution < -0.4 is 5.32 Å². The van der Waals surface area contributed by atoms with Gasteiger partial charge in [0.25, 0.3) is 0 Å². The van der Waals surface area contributed by atoms with Crippen molar-refractivity contribution in [1.82, 2.24) is 14.9 Å². The van der Waals surface area contributed by atoms with E-state index in [0.29, 0.717) is 12.5 Å². The van der Waals surface area contributed by atoms with Gasteiger partial charge in [-0.25, -0.2) is 4.98 Å². The van der Waals surface area contributed by atoms with Crippen molar-refractivity contribution < 1.29 is 5.11 Å². The molecule has 0 aliphatic carbocycles. The van der Waals surface area contributed by atoms with Crippen molar-refractivity contribution in [3.8, 4) is 0 Å². The normalized spacial score (nSPS) is 19.8. The van der Waals surface area contributed by atoms with Gasteiger partial charge in [0.2, 0.25) is 0 Å². The molecule has 112 valence electrons. The number of likely N-dealkylation sites (tertiary alicyclic amines) is 1. The number of hydrogen-bond donors (Lipinski definition) is 2. The summed E-state index contributed by atoms with van der Waals surface area (Å²) in [5, 5.41) is 12.6. The average molecular weight is 286 g/mol. The topological polar surface area (TPSA) is 61.3 Å². The average Bonchev–Trinajstić information content (AvgIpc) is 2.55. The predicted octanol–water partition coefficient (Wildman–Crippen LogP) is 1.75. The van der Waals surface area contributed by atoms with Gasteiger partial charge in [0.15, 0.2) is 0 Å². The molecule has 1 aliphatic heterocycles. The predicted molar refractivity (Wildman–Crippen MR) is 84.3 cm³/mol. The summed E-state index contributed by atoms with van der Waals surface area (Å²) in [6, 6.07) is 7.89. The van der Waals surface area contributed by atoms with Crippen molar-refractivity contribution in [3.05, 3.63) is 30.5 Å². The van der Waals surface area contributed by atoms with Crippen molar-refractivity contribution in [1.29, 1.82) is 0 Å². The Bertz CT molecular complexity index is 589. The van der Waals surface area contributed by atoms with Crippen molar-refractivity contribution >= 4 is 16.9 Å². The molecule has 0 bridgehead atoms. The highest BCUT2D eigenvalue weighted by Crippen LogP contribution is 2.15. The molecule has 1 aliphatic rings. The molecule has 0 amide bonds. The van der Waals surface area contributed by atoms with Gasteiger partial charge in [0.05, 0.1) is 17.2 Å². The molecule has 1 atom stereocenters. The molecule has 1 aromatic carbocycles. The van der Waals surface area contributed by atoms with E-state index in [4.69, 9.17) is 0 Å². The molecule has 1 fully saturated rings. The number of fused-ring (bicyclic) bond motifs is 1. The first-order valence-electron chi connectivity index (χ1n) is 7.64. The van der Waals surface area contributed by atoms with Gasteiger partial charge < -0.3 is 15.3 Å².